The molecule has 16 heteroatoms. The molecule has 1 saturated heterocycles. The van der Waals surface area contributed by atoms with Gasteiger partial charge in [0.1, 0.15) is 46.6 Å². The van der Waals surface area contributed by atoms with Crippen LogP contribution < -0.4 is 28.4 Å². The molecular weight excluding hydrogens is 717 g/mol. The summed E-state index contributed by atoms with van der Waals surface area (Å²) in [6.07, 6.45) is 0. The lowest BCUT2D eigenvalue weighted by molar-refractivity contribution is 0.0809. The molecule has 7 rings (SSSR count). The Morgan fingerprint density at radius 2 is 0.821 bits per heavy atom. The Morgan fingerprint density at radius 1 is 0.464 bits per heavy atom. The van der Waals surface area contributed by atoms with Crippen LogP contribution in [0.1, 0.15) is 46.0 Å². The van der Waals surface area contributed by atoms with Crippen LogP contribution in [-0.4, -0.2) is 119 Å². The molecule has 4 aromatic carbocycles. The Morgan fingerprint density at radius 3 is 1.16 bits per heavy atom. The molecular formula is C40H46N10O6. The Hall–Kier alpha value is -6.26. The van der Waals surface area contributed by atoms with Gasteiger partial charge >= 0.3 is 0 Å². The highest BCUT2D eigenvalue weighted by Crippen LogP contribution is 2.40. The van der Waals surface area contributed by atoms with Gasteiger partial charge in [-0.15, -0.1) is 10.2 Å². The molecule has 1 aliphatic heterocycles. The Kier molecular flexibility index (Phi) is 11.9. The number of hydrogen-bond donors (Lipinski definition) is 0. The number of hydrogen-bond acceptors (Lipinski definition) is 14. The molecule has 0 aliphatic carbocycles. The van der Waals surface area contributed by atoms with E-state index in [9.17, 15) is 0 Å². The molecule has 0 saturated carbocycles. The smallest absolute Gasteiger partial charge is 0.173 e. The lowest BCUT2D eigenvalue weighted by Crippen LogP contribution is -2.50. The van der Waals surface area contributed by atoms with Gasteiger partial charge in [0.2, 0.25) is 0 Å². The predicted molar refractivity (Wildman–Crippen MR) is 206 cm³/mol. The summed E-state index contributed by atoms with van der Waals surface area (Å²) in [7, 11) is 9.96. The Labute approximate surface area is 325 Å². The van der Waals surface area contributed by atoms with E-state index in [-0.39, 0.29) is 12.1 Å². The van der Waals surface area contributed by atoms with E-state index in [0.717, 1.165) is 33.8 Å². The molecule has 1 aliphatic rings. The van der Waals surface area contributed by atoms with Crippen LogP contribution in [0.3, 0.4) is 0 Å². The molecule has 0 spiro atoms. The van der Waals surface area contributed by atoms with E-state index < -0.39 is 0 Å². The summed E-state index contributed by atoms with van der Waals surface area (Å²) in [5.74, 6) is 5.72. The van der Waals surface area contributed by atoms with Crippen LogP contribution in [-0.2, 0) is 13.1 Å². The van der Waals surface area contributed by atoms with Gasteiger partial charge in [0.05, 0.1) is 55.7 Å². The molecule has 3 heterocycles. The lowest BCUT2D eigenvalue weighted by Gasteiger charge is -2.42. The molecule has 6 aromatic rings. The maximum atomic E-state index is 5.94. The van der Waals surface area contributed by atoms with E-state index in [1.165, 1.54) is 0 Å². The van der Waals surface area contributed by atoms with Crippen molar-refractivity contribution in [2.45, 2.75) is 25.2 Å². The molecule has 2 unspecified atom stereocenters. The highest BCUT2D eigenvalue weighted by Gasteiger charge is 2.37. The van der Waals surface area contributed by atoms with Crippen LogP contribution in [0.2, 0.25) is 0 Å². The fraction of sp³-hybridized carbons (Fsp3) is 0.350. The third kappa shape index (κ3) is 8.06. The van der Waals surface area contributed by atoms with Gasteiger partial charge in [-0.05, 0) is 92.6 Å². The van der Waals surface area contributed by atoms with E-state index in [2.05, 4.69) is 40.9 Å². The van der Waals surface area contributed by atoms with Crippen LogP contribution in [0.4, 0.5) is 0 Å². The molecule has 16 nitrogen and oxygen atoms in total. The maximum absolute atomic E-state index is 5.94. The van der Waals surface area contributed by atoms with E-state index in [1.807, 2.05) is 94.3 Å². The summed E-state index contributed by atoms with van der Waals surface area (Å²) < 4.78 is 37.7. The van der Waals surface area contributed by atoms with Crippen LogP contribution >= 0.6 is 0 Å². The van der Waals surface area contributed by atoms with Crippen molar-refractivity contribution < 1.29 is 28.4 Å². The average Bonchev–Trinajstić information content (AvgIpc) is 3.91. The number of benzene rings is 4. The zero-order chi connectivity index (χ0) is 39.0. The molecule has 2 atom stereocenters. The van der Waals surface area contributed by atoms with Crippen molar-refractivity contribution in [1.29, 1.82) is 0 Å². The quantitative estimate of drug-likeness (QED) is 0.138. The van der Waals surface area contributed by atoms with Gasteiger partial charge in [0.25, 0.3) is 0 Å². The average molecular weight is 763 g/mol. The van der Waals surface area contributed by atoms with Crippen molar-refractivity contribution in [3.8, 4) is 34.5 Å². The minimum atomic E-state index is -0.374. The summed E-state index contributed by atoms with van der Waals surface area (Å²) >= 11 is 0. The summed E-state index contributed by atoms with van der Waals surface area (Å²) in [6.45, 7) is 3.49. The standard InChI is InChI=1S/C40H46N10O6/c1-51-29-11-7-27(8-12-29)25-49-39(41-43-45-49)37(33-23-31(53-3)15-17-35(33)55-5)47-19-21-48(22-20-47)38(34-24-32(54-4)16-18-36(34)56-6)40-42-44-46-50(40)26-28-9-13-30(52-2)14-10-28/h7-18,23-24,37-38H,19-22,25-26H2,1-6H3. The van der Waals surface area contributed by atoms with Crippen molar-refractivity contribution in [3.63, 3.8) is 0 Å². The SMILES string of the molecule is COc1ccc(Cn2nnnc2C(c2cc(OC)ccc2OC)N2CCN(C(c3cc(OC)ccc3OC)c3nnnn3Cc3ccc(OC)cc3)CC2)cc1. The van der Waals surface area contributed by atoms with Crippen molar-refractivity contribution in [2.24, 2.45) is 0 Å². The second kappa shape index (κ2) is 17.5. The first-order valence-electron chi connectivity index (χ1n) is 18.2. The zero-order valence-corrected chi connectivity index (χ0v) is 32.4. The number of tetrazole rings is 2. The van der Waals surface area contributed by atoms with Crippen LogP contribution in [0, 0.1) is 0 Å². The fourth-order valence-corrected chi connectivity index (χ4v) is 7.21. The third-order valence-electron chi connectivity index (χ3n) is 10.1. The van der Waals surface area contributed by atoms with Crippen LogP contribution in [0.5, 0.6) is 34.5 Å². The maximum Gasteiger partial charge on any atom is 0.173 e. The highest BCUT2D eigenvalue weighted by atomic mass is 16.5. The third-order valence-corrected chi connectivity index (χ3v) is 10.1. The largest absolute Gasteiger partial charge is 0.497 e. The second-order valence-electron chi connectivity index (χ2n) is 13.2. The summed E-state index contributed by atoms with van der Waals surface area (Å²) in [5.41, 5.74) is 3.84. The van der Waals surface area contributed by atoms with E-state index in [0.29, 0.717) is 73.9 Å². The molecule has 1 fully saturated rings. The van der Waals surface area contributed by atoms with Crippen LogP contribution in [0.25, 0.3) is 0 Å². The topological polar surface area (TPSA) is 149 Å². The van der Waals surface area contributed by atoms with Gasteiger partial charge in [-0.2, -0.15) is 0 Å². The number of methoxy groups -OCH3 is 6. The predicted octanol–water partition coefficient (Wildman–Crippen LogP) is 4.30. The van der Waals surface area contributed by atoms with Gasteiger partial charge in [0, 0.05) is 37.3 Å². The van der Waals surface area contributed by atoms with Gasteiger partial charge < -0.3 is 28.4 Å². The summed E-state index contributed by atoms with van der Waals surface area (Å²) in [6, 6.07) is 26.7. The number of rotatable bonds is 16. The Bertz CT molecular complexity index is 2030. The molecule has 56 heavy (non-hydrogen) atoms. The van der Waals surface area contributed by atoms with Crippen molar-refractivity contribution >= 4 is 0 Å². The highest BCUT2D eigenvalue weighted by molar-refractivity contribution is 5.46. The number of aromatic nitrogens is 8. The number of piperazine rings is 1. The van der Waals surface area contributed by atoms with Crippen molar-refractivity contribution in [3.05, 3.63) is 119 Å². The first-order valence-corrected chi connectivity index (χ1v) is 18.2. The van der Waals surface area contributed by atoms with Crippen molar-refractivity contribution in [1.82, 2.24) is 50.2 Å². The van der Waals surface area contributed by atoms with E-state index >= 15 is 0 Å². The monoisotopic (exact) mass is 762 g/mol. The molecule has 0 amide bonds. The van der Waals surface area contributed by atoms with E-state index in [1.54, 1.807) is 42.7 Å². The molecule has 2 aromatic heterocycles. The molecule has 0 radical (unpaired) electrons. The Balaban J connectivity index is 1.24. The number of nitrogens with zero attached hydrogens (tertiary/aromatic N) is 10. The summed E-state index contributed by atoms with van der Waals surface area (Å²) in [5, 5.41) is 26.5. The minimum absolute atomic E-state index is 0.374. The minimum Gasteiger partial charge on any atom is -0.497 e. The van der Waals surface area contributed by atoms with Crippen LogP contribution in [0.15, 0.2) is 84.9 Å². The van der Waals surface area contributed by atoms with Crippen molar-refractivity contribution in [2.75, 3.05) is 68.8 Å². The zero-order valence-electron chi connectivity index (χ0n) is 32.4. The second-order valence-corrected chi connectivity index (χ2v) is 13.2. The van der Waals surface area contributed by atoms with Gasteiger partial charge in [-0.1, -0.05) is 24.3 Å². The molecule has 0 bridgehead atoms. The fourth-order valence-electron chi connectivity index (χ4n) is 7.21. The first-order chi connectivity index (χ1) is 27.5. The van der Waals surface area contributed by atoms with Gasteiger partial charge in [-0.3, -0.25) is 9.80 Å². The van der Waals surface area contributed by atoms with E-state index in [4.69, 9.17) is 28.4 Å². The number of ether oxygens (including phenoxy) is 6. The van der Waals surface area contributed by atoms with Gasteiger partial charge in [-0.25, -0.2) is 9.36 Å². The molecule has 292 valence electrons. The summed E-state index contributed by atoms with van der Waals surface area (Å²) in [4.78, 5) is 4.76. The normalized spacial score (nSPS) is 14.5. The first kappa shape index (κ1) is 38.0. The molecule has 0 N–H and O–H groups in total. The lowest BCUT2D eigenvalue weighted by atomic mass is 9.99. The van der Waals surface area contributed by atoms with Gasteiger partial charge in [0.15, 0.2) is 11.6 Å².